The second-order valence-corrected chi connectivity index (χ2v) is 6.15. The molecule has 27 heavy (non-hydrogen) atoms. The van der Waals surface area contributed by atoms with Crippen LogP contribution in [0.4, 0.5) is 11.5 Å². The van der Waals surface area contributed by atoms with Gasteiger partial charge >= 0.3 is 11.2 Å². The average molecular weight is 368 g/mol. The summed E-state index contributed by atoms with van der Waals surface area (Å²) in [6.07, 6.45) is 1.09. The first-order valence-corrected chi connectivity index (χ1v) is 8.30. The molecule has 3 heterocycles. The van der Waals surface area contributed by atoms with Gasteiger partial charge in [0.05, 0.1) is 11.5 Å². The van der Waals surface area contributed by atoms with Gasteiger partial charge in [-0.25, -0.2) is 4.98 Å². The number of anilines is 1. The van der Waals surface area contributed by atoms with E-state index in [0.29, 0.717) is 23.8 Å². The monoisotopic (exact) mass is 368 g/mol. The van der Waals surface area contributed by atoms with E-state index in [-0.39, 0.29) is 18.5 Å². The topological polar surface area (TPSA) is 99.2 Å². The first kappa shape index (κ1) is 16.8. The second kappa shape index (κ2) is 6.60. The fourth-order valence-corrected chi connectivity index (χ4v) is 3.04. The molecule has 4 rings (SSSR count). The number of aromatic nitrogens is 2. The molecule has 9 heteroatoms. The van der Waals surface area contributed by atoms with Crippen molar-refractivity contribution in [2.24, 2.45) is 0 Å². The molecule has 0 unspecified atom stereocenters. The first-order chi connectivity index (χ1) is 13.0. The van der Waals surface area contributed by atoms with E-state index in [1.807, 2.05) is 18.2 Å². The molecular weight excluding hydrogens is 352 g/mol. The van der Waals surface area contributed by atoms with Crippen molar-refractivity contribution in [3.63, 3.8) is 0 Å². The van der Waals surface area contributed by atoms with Crippen molar-refractivity contribution in [3.05, 3.63) is 69.1 Å². The van der Waals surface area contributed by atoms with E-state index in [0.717, 1.165) is 4.40 Å². The van der Waals surface area contributed by atoms with Gasteiger partial charge in [-0.2, -0.15) is 0 Å². The lowest BCUT2D eigenvalue weighted by molar-refractivity contribution is -0.385. The van der Waals surface area contributed by atoms with E-state index >= 15 is 0 Å². The Labute approximate surface area is 153 Å². The molecule has 138 valence electrons. The van der Waals surface area contributed by atoms with E-state index in [4.69, 9.17) is 9.47 Å². The highest BCUT2D eigenvalue weighted by molar-refractivity contribution is 5.61. The van der Waals surface area contributed by atoms with Crippen LogP contribution in [0.2, 0.25) is 0 Å². The van der Waals surface area contributed by atoms with Gasteiger partial charge in [0, 0.05) is 13.2 Å². The van der Waals surface area contributed by atoms with Crippen LogP contribution in [0, 0.1) is 10.1 Å². The van der Waals surface area contributed by atoms with Crippen LogP contribution in [0.5, 0.6) is 11.5 Å². The van der Waals surface area contributed by atoms with Gasteiger partial charge in [-0.1, -0.05) is 18.2 Å². The van der Waals surface area contributed by atoms with Gasteiger partial charge < -0.3 is 14.4 Å². The Morgan fingerprint density at radius 3 is 2.78 bits per heavy atom. The van der Waals surface area contributed by atoms with Gasteiger partial charge in [-0.3, -0.25) is 19.3 Å². The van der Waals surface area contributed by atoms with Crippen LogP contribution >= 0.6 is 0 Å². The maximum Gasteiger partial charge on any atom is 0.376 e. The summed E-state index contributed by atoms with van der Waals surface area (Å²) >= 11 is 0. The highest BCUT2D eigenvalue weighted by Gasteiger charge is 2.29. The SMILES string of the molecule is CN(C[C@H]1COc2ccccc2O1)c1nc2ccccn2c(=O)c1[N+](=O)[O-]. The molecule has 0 saturated carbocycles. The molecule has 0 aliphatic carbocycles. The van der Waals surface area contributed by atoms with Crippen molar-refractivity contribution in [1.29, 1.82) is 0 Å². The Kier molecular flexibility index (Phi) is 4.11. The Bertz CT molecular complexity index is 1080. The van der Waals surface area contributed by atoms with Crippen LogP contribution in [0.25, 0.3) is 5.65 Å². The van der Waals surface area contributed by atoms with Crippen molar-refractivity contribution in [2.75, 3.05) is 25.1 Å². The number of hydrogen-bond acceptors (Lipinski definition) is 7. The number of fused-ring (bicyclic) bond motifs is 2. The minimum absolute atomic E-state index is 0.00124. The third-order valence-corrected chi connectivity index (χ3v) is 4.28. The van der Waals surface area contributed by atoms with Gasteiger partial charge in [0.25, 0.3) is 0 Å². The Morgan fingerprint density at radius 1 is 1.26 bits per heavy atom. The fourth-order valence-electron chi connectivity index (χ4n) is 3.04. The van der Waals surface area contributed by atoms with E-state index in [1.165, 1.54) is 6.20 Å². The molecule has 0 amide bonds. The van der Waals surface area contributed by atoms with Gasteiger partial charge in [0.2, 0.25) is 5.82 Å². The molecule has 1 aliphatic rings. The van der Waals surface area contributed by atoms with Crippen molar-refractivity contribution < 1.29 is 14.4 Å². The van der Waals surface area contributed by atoms with Crippen LogP contribution in [0.15, 0.2) is 53.5 Å². The minimum Gasteiger partial charge on any atom is -0.486 e. The van der Waals surface area contributed by atoms with E-state index in [1.54, 1.807) is 36.2 Å². The normalized spacial score (nSPS) is 15.5. The van der Waals surface area contributed by atoms with Crippen molar-refractivity contribution >= 4 is 17.2 Å². The summed E-state index contributed by atoms with van der Waals surface area (Å²) in [5.41, 5.74) is -0.960. The maximum absolute atomic E-state index is 12.5. The molecule has 0 spiro atoms. The number of nitrogens with zero attached hydrogens (tertiary/aromatic N) is 4. The molecule has 3 aromatic rings. The largest absolute Gasteiger partial charge is 0.486 e. The number of nitro groups is 1. The molecule has 0 bridgehead atoms. The highest BCUT2D eigenvalue weighted by Crippen LogP contribution is 2.31. The van der Waals surface area contributed by atoms with Gasteiger partial charge in [-0.15, -0.1) is 0 Å². The van der Waals surface area contributed by atoms with Crippen LogP contribution in [-0.4, -0.2) is 40.6 Å². The molecule has 0 radical (unpaired) electrons. The number of pyridine rings is 1. The summed E-state index contributed by atoms with van der Waals surface area (Å²) in [5.74, 6) is 1.27. The van der Waals surface area contributed by atoms with Crippen LogP contribution in [-0.2, 0) is 0 Å². The zero-order valence-corrected chi connectivity index (χ0v) is 14.4. The number of hydrogen-bond donors (Lipinski definition) is 0. The summed E-state index contributed by atoms with van der Waals surface area (Å²) in [5, 5.41) is 11.5. The Hall–Kier alpha value is -3.62. The van der Waals surface area contributed by atoms with E-state index in [2.05, 4.69) is 4.98 Å². The summed E-state index contributed by atoms with van der Waals surface area (Å²) < 4.78 is 12.7. The maximum atomic E-state index is 12.5. The molecular formula is C18H16N4O5. The van der Waals surface area contributed by atoms with Gasteiger partial charge in [-0.05, 0) is 24.3 Å². The van der Waals surface area contributed by atoms with Gasteiger partial charge in [0.1, 0.15) is 12.3 Å². The quantitative estimate of drug-likeness (QED) is 0.512. The molecule has 0 saturated heterocycles. The highest BCUT2D eigenvalue weighted by atomic mass is 16.6. The first-order valence-electron chi connectivity index (χ1n) is 8.30. The zero-order chi connectivity index (χ0) is 19.0. The number of ether oxygens (including phenoxy) is 2. The molecule has 2 aromatic heterocycles. The summed E-state index contributed by atoms with van der Waals surface area (Å²) in [6, 6.07) is 12.3. The lowest BCUT2D eigenvalue weighted by Gasteiger charge is -2.29. The smallest absolute Gasteiger partial charge is 0.376 e. The van der Waals surface area contributed by atoms with Crippen LogP contribution in [0.3, 0.4) is 0 Å². The van der Waals surface area contributed by atoms with E-state index < -0.39 is 16.2 Å². The summed E-state index contributed by atoms with van der Waals surface area (Å²) in [6.45, 7) is 0.562. The van der Waals surface area contributed by atoms with Crippen molar-refractivity contribution in [1.82, 2.24) is 9.38 Å². The average Bonchev–Trinajstić information content (AvgIpc) is 2.67. The molecule has 1 aliphatic heterocycles. The third kappa shape index (κ3) is 3.03. The lowest BCUT2D eigenvalue weighted by Crippen LogP contribution is -2.40. The summed E-state index contributed by atoms with van der Waals surface area (Å²) in [7, 11) is 1.64. The fraction of sp³-hybridized carbons (Fsp3) is 0.222. The standard InChI is InChI=1S/C18H16N4O5/c1-20(10-12-11-26-13-6-2-3-7-14(13)27-12)17-16(22(24)25)18(23)21-9-5-4-8-15(21)19-17/h2-9,12H,10-11H2,1H3/t12-/m0/s1. The van der Waals surface area contributed by atoms with Gasteiger partial charge in [0.15, 0.2) is 17.6 Å². The van der Waals surface area contributed by atoms with Crippen molar-refractivity contribution in [3.8, 4) is 11.5 Å². The Balaban J connectivity index is 1.67. The third-order valence-electron chi connectivity index (χ3n) is 4.28. The van der Waals surface area contributed by atoms with E-state index in [9.17, 15) is 14.9 Å². The predicted molar refractivity (Wildman–Crippen MR) is 97.7 cm³/mol. The molecule has 1 atom stereocenters. The number of para-hydroxylation sites is 2. The Morgan fingerprint density at radius 2 is 2.00 bits per heavy atom. The number of benzene rings is 1. The van der Waals surface area contributed by atoms with Crippen LogP contribution in [0.1, 0.15) is 0 Å². The lowest BCUT2D eigenvalue weighted by atomic mass is 10.2. The predicted octanol–water partition coefficient (Wildman–Crippen LogP) is 1.88. The molecule has 9 nitrogen and oxygen atoms in total. The molecule has 0 fully saturated rings. The zero-order valence-electron chi connectivity index (χ0n) is 14.4. The molecule has 0 N–H and O–H groups in total. The molecule has 1 aromatic carbocycles. The number of rotatable bonds is 4. The second-order valence-electron chi connectivity index (χ2n) is 6.15. The minimum atomic E-state index is -0.724. The summed E-state index contributed by atoms with van der Waals surface area (Å²) in [4.78, 5) is 29.2. The van der Waals surface area contributed by atoms with Crippen molar-refractivity contribution in [2.45, 2.75) is 6.10 Å². The number of likely N-dealkylation sites (N-methyl/N-ethyl adjacent to an activating group) is 1. The van der Waals surface area contributed by atoms with Crippen LogP contribution < -0.4 is 19.9 Å².